The SMILES string of the molecule is FC(F)CN(CCBr)C1CCCCC1. The molecule has 0 unspecified atom stereocenters. The third-order valence-electron chi connectivity index (χ3n) is 2.84. The Bertz CT molecular complexity index is 149. The standard InChI is InChI=1S/C10H18BrF2N/c11-6-7-14(8-10(12)13)9-4-2-1-3-5-9/h9-10H,1-8H2. The van der Waals surface area contributed by atoms with E-state index in [0.29, 0.717) is 6.04 Å². The van der Waals surface area contributed by atoms with Crippen LogP contribution < -0.4 is 0 Å². The summed E-state index contributed by atoms with van der Waals surface area (Å²) in [7, 11) is 0. The van der Waals surface area contributed by atoms with Crippen molar-refractivity contribution in [2.24, 2.45) is 0 Å². The minimum atomic E-state index is -2.20. The Balaban J connectivity index is 2.38. The Morgan fingerprint density at radius 3 is 2.36 bits per heavy atom. The molecule has 0 bridgehead atoms. The summed E-state index contributed by atoms with van der Waals surface area (Å²) in [4.78, 5) is 1.94. The molecule has 4 heteroatoms. The van der Waals surface area contributed by atoms with E-state index >= 15 is 0 Å². The number of nitrogens with zero attached hydrogens (tertiary/aromatic N) is 1. The largest absolute Gasteiger partial charge is 0.294 e. The fourth-order valence-corrected chi connectivity index (χ4v) is 2.61. The van der Waals surface area contributed by atoms with Gasteiger partial charge in [0.1, 0.15) is 0 Å². The van der Waals surface area contributed by atoms with Crippen LogP contribution in [0.2, 0.25) is 0 Å². The van der Waals surface area contributed by atoms with E-state index in [4.69, 9.17) is 0 Å². The molecule has 0 aromatic rings. The molecule has 0 amide bonds. The molecule has 1 rings (SSSR count). The van der Waals surface area contributed by atoms with Crippen LogP contribution in [0, 0.1) is 0 Å². The van der Waals surface area contributed by atoms with Crippen LogP contribution in [-0.4, -0.2) is 35.8 Å². The van der Waals surface area contributed by atoms with E-state index in [9.17, 15) is 8.78 Å². The molecule has 0 saturated heterocycles. The monoisotopic (exact) mass is 269 g/mol. The highest BCUT2D eigenvalue weighted by Crippen LogP contribution is 2.23. The molecule has 1 saturated carbocycles. The van der Waals surface area contributed by atoms with Crippen molar-refractivity contribution in [3.8, 4) is 0 Å². The lowest BCUT2D eigenvalue weighted by Crippen LogP contribution is -2.40. The first-order chi connectivity index (χ1) is 6.74. The zero-order valence-electron chi connectivity index (χ0n) is 8.39. The summed E-state index contributed by atoms with van der Waals surface area (Å²) in [5, 5.41) is 0.788. The van der Waals surface area contributed by atoms with Gasteiger partial charge in [-0.15, -0.1) is 0 Å². The van der Waals surface area contributed by atoms with E-state index in [1.54, 1.807) is 0 Å². The first-order valence-corrected chi connectivity index (χ1v) is 6.44. The van der Waals surface area contributed by atoms with Crippen LogP contribution in [-0.2, 0) is 0 Å². The van der Waals surface area contributed by atoms with Crippen molar-refractivity contribution >= 4 is 15.9 Å². The number of halogens is 3. The maximum absolute atomic E-state index is 12.3. The van der Waals surface area contributed by atoms with Gasteiger partial charge in [0.15, 0.2) is 0 Å². The first kappa shape index (κ1) is 12.4. The number of alkyl halides is 3. The van der Waals surface area contributed by atoms with E-state index in [0.717, 1.165) is 24.7 Å². The lowest BCUT2D eigenvalue weighted by Gasteiger charge is -2.33. The van der Waals surface area contributed by atoms with Crippen LogP contribution in [0.25, 0.3) is 0 Å². The van der Waals surface area contributed by atoms with Gasteiger partial charge in [0.25, 0.3) is 6.43 Å². The molecular weight excluding hydrogens is 252 g/mol. The van der Waals surface area contributed by atoms with Crippen molar-refractivity contribution in [3.63, 3.8) is 0 Å². The van der Waals surface area contributed by atoms with E-state index in [1.807, 2.05) is 4.90 Å². The Labute approximate surface area is 93.0 Å². The van der Waals surface area contributed by atoms with Crippen LogP contribution in [0.1, 0.15) is 32.1 Å². The Hall–Kier alpha value is 0.300. The molecule has 0 N–H and O–H groups in total. The van der Waals surface area contributed by atoms with Gasteiger partial charge in [0, 0.05) is 17.9 Å². The number of hydrogen-bond donors (Lipinski definition) is 0. The molecule has 14 heavy (non-hydrogen) atoms. The van der Waals surface area contributed by atoms with E-state index in [-0.39, 0.29) is 6.54 Å². The molecule has 0 aromatic heterocycles. The lowest BCUT2D eigenvalue weighted by molar-refractivity contribution is 0.0586. The molecule has 0 spiro atoms. The third kappa shape index (κ3) is 4.22. The van der Waals surface area contributed by atoms with Crippen molar-refractivity contribution in [3.05, 3.63) is 0 Å². The minimum Gasteiger partial charge on any atom is -0.294 e. The minimum absolute atomic E-state index is 0.0593. The predicted octanol–water partition coefficient (Wildman–Crippen LogP) is 3.28. The normalized spacial score (nSPS) is 19.5. The smallest absolute Gasteiger partial charge is 0.251 e. The van der Waals surface area contributed by atoms with Crippen molar-refractivity contribution in [1.29, 1.82) is 0 Å². The molecule has 0 aliphatic heterocycles. The van der Waals surface area contributed by atoms with Gasteiger partial charge in [-0.1, -0.05) is 35.2 Å². The molecule has 1 fully saturated rings. The summed E-state index contributed by atoms with van der Waals surface area (Å²) < 4.78 is 24.6. The molecular formula is C10H18BrF2N. The van der Waals surface area contributed by atoms with Gasteiger partial charge < -0.3 is 0 Å². The van der Waals surface area contributed by atoms with Crippen molar-refractivity contribution in [2.45, 2.75) is 44.6 Å². The molecule has 0 atom stereocenters. The topological polar surface area (TPSA) is 3.24 Å². The van der Waals surface area contributed by atoms with Gasteiger partial charge >= 0.3 is 0 Å². The van der Waals surface area contributed by atoms with Gasteiger partial charge in [-0.05, 0) is 12.8 Å². The summed E-state index contributed by atoms with van der Waals surface area (Å²) in [5.41, 5.74) is 0. The molecule has 0 aromatic carbocycles. The Morgan fingerprint density at radius 1 is 1.21 bits per heavy atom. The van der Waals surface area contributed by atoms with Crippen LogP contribution in [0.5, 0.6) is 0 Å². The van der Waals surface area contributed by atoms with Gasteiger partial charge in [0.2, 0.25) is 0 Å². The molecule has 1 aliphatic carbocycles. The molecule has 0 heterocycles. The fourth-order valence-electron chi connectivity index (χ4n) is 2.15. The average Bonchev–Trinajstić information content (AvgIpc) is 2.18. The molecule has 1 aliphatic rings. The summed E-state index contributed by atoms with van der Waals surface area (Å²) in [5.74, 6) is 0. The van der Waals surface area contributed by atoms with Gasteiger partial charge in [-0.25, -0.2) is 8.78 Å². The average molecular weight is 270 g/mol. The quantitative estimate of drug-likeness (QED) is 0.693. The summed E-state index contributed by atoms with van der Waals surface area (Å²) in [6, 6.07) is 0.398. The maximum Gasteiger partial charge on any atom is 0.251 e. The van der Waals surface area contributed by atoms with Crippen molar-refractivity contribution < 1.29 is 8.78 Å². The second-order valence-corrected chi connectivity index (χ2v) is 4.66. The van der Waals surface area contributed by atoms with Crippen LogP contribution in [0.3, 0.4) is 0 Å². The third-order valence-corrected chi connectivity index (χ3v) is 3.19. The number of rotatable bonds is 5. The van der Waals surface area contributed by atoms with Crippen molar-refractivity contribution in [2.75, 3.05) is 18.4 Å². The van der Waals surface area contributed by atoms with Crippen LogP contribution in [0.4, 0.5) is 8.78 Å². The van der Waals surface area contributed by atoms with E-state index < -0.39 is 6.43 Å². The summed E-state index contributed by atoms with van der Waals surface area (Å²) in [6.07, 6.45) is 3.67. The summed E-state index contributed by atoms with van der Waals surface area (Å²) in [6.45, 7) is 0.686. The lowest BCUT2D eigenvalue weighted by atomic mass is 9.94. The maximum atomic E-state index is 12.3. The van der Waals surface area contributed by atoms with Gasteiger partial charge in [0.05, 0.1) is 6.54 Å². The zero-order chi connectivity index (χ0) is 10.4. The highest BCUT2D eigenvalue weighted by Gasteiger charge is 2.22. The highest BCUT2D eigenvalue weighted by atomic mass is 79.9. The molecule has 1 nitrogen and oxygen atoms in total. The zero-order valence-corrected chi connectivity index (χ0v) is 9.98. The predicted molar refractivity (Wildman–Crippen MR) is 58.2 cm³/mol. The summed E-state index contributed by atoms with van der Waals surface area (Å²) >= 11 is 3.32. The van der Waals surface area contributed by atoms with Crippen LogP contribution in [0.15, 0.2) is 0 Å². The molecule has 84 valence electrons. The van der Waals surface area contributed by atoms with Gasteiger partial charge in [-0.2, -0.15) is 0 Å². The second kappa shape index (κ2) is 6.72. The Kier molecular flexibility index (Phi) is 5.94. The van der Waals surface area contributed by atoms with Gasteiger partial charge in [-0.3, -0.25) is 4.90 Å². The first-order valence-electron chi connectivity index (χ1n) is 5.32. The molecule has 0 radical (unpaired) electrons. The Morgan fingerprint density at radius 2 is 1.86 bits per heavy atom. The van der Waals surface area contributed by atoms with E-state index in [1.165, 1.54) is 19.3 Å². The second-order valence-electron chi connectivity index (χ2n) is 3.87. The fraction of sp³-hybridized carbons (Fsp3) is 1.00. The van der Waals surface area contributed by atoms with Crippen molar-refractivity contribution in [1.82, 2.24) is 4.90 Å². The number of hydrogen-bond acceptors (Lipinski definition) is 1. The highest BCUT2D eigenvalue weighted by molar-refractivity contribution is 9.09. The van der Waals surface area contributed by atoms with Crippen LogP contribution >= 0.6 is 15.9 Å². The van der Waals surface area contributed by atoms with E-state index in [2.05, 4.69) is 15.9 Å².